The monoisotopic (exact) mass is 408 g/mol. The summed E-state index contributed by atoms with van der Waals surface area (Å²) in [7, 11) is 3.23. The van der Waals surface area contributed by atoms with Crippen molar-refractivity contribution in [3.8, 4) is 22.9 Å². The summed E-state index contributed by atoms with van der Waals surface area (Å²) in [5, 5.41) is 4.08. The number of benzene rings is 2. The summed E-state index contributed by atoms with van der Waals surface area (Å²) in [6.45, 7) is 3.35. The highest BCUT2D eigenvalue weighted by molar-refractivity contribution is 5.94. The van der Waals surface area contributed by atoms with Gasteiger partial charge in [-0.25, -0.2) is 0 Å². The molecule has 1 saturated heterocycles. The maximum absolute atomic E-state index is 12.7. The second kappa shape index (κ2) is 8.96. The van der Waals surface area contributed by atoms with E-state index < -0.39 is 0 Å². The minimum absolute atomic E-state index is 0.0214. The molecule has 1 amide bonds. The molecule has 2 aromatic carbocycles. The number of nitrogens with zero attached hydrogens (tertiary/aromatic N) is 4. The first-order valence-electron chi connectivity index (χ1n) is 9.79. The third-order valence-electron chi connectivity index (χ3n) is 5.15. The smallest absolute Gasteiger partial charge is 0.254 e. The highest BCUT2D eigenvalue weighted by Crippen LogP contribution is 2.21. The summed E-state index contributed by atoms with van der Waals surface area (Å²) >= 11 is 0. The van der Waals surface area contributed by atoms with E-state index in [4.69, 9.17) is 14.0 Å². The minimum atomic E-state index is 0.0214. The van der Waals surface area contributed by atoms with E-state index in [1.54, 1.807) is 20.3 Å². The van der Waals surface area contributed by atoms with Crippen molar-refractivity contribution in [3.05, 3.63) is 60.0 Å². The van der Waals surface area contributed by atoms with Gasteiger partial charge >= 0.3 is 0 Å². The average molecular weight is 408 g/mol. The first kappa shape index (κ1) is 19.9. The molecule has 0 unspecified atom stereocenters. The fraction of sp³-hybridized carbons (Fsp3) is 0.318. The Balaban J connectivity index is 1.32. The van der Waals surface area contributed by atoms with Crippen molar-refractivity contribution in [2.24, 2.45) is 0 Å². The van der Waals surface area contributed by atoms with Crippen LogP contribution in [-0.4, -0.2) is 66.2 Å². The van der Waals surface area contributed by atoms with Crippen molar-refractivity contribution in [2.75, 3.05) is 40.4 Å². The largest absolute Gasteiger partial charge is 0.497 e. The topological polar surface area (TPSA) is 80.9 Å². The van der Waals surface area contributed by atoms with E-state index in [0.29, 0.717) is 42.7 Å². The van der Waals surface area contributed by atoms with E-state index in [9.17, 15) is 4.79 Å². The molecule has 1 aliphatic rings. The van der Waals surface area contributed by atoms with E-state index >= 15 is 0 Å². The van der Waals surface area contributed by atoms with Gasteiger partial charge in [0.1, 0.15) is 11.5 Å². The number of piperazine rings is 1. The predicted molar refractivity (Wildman–Crippen MR) is 110 cm³/mol. The zero-order chi connectivity index (χ0) is 20.9. The van der Waals surface area contributed by atoms with Crippen molar-refractivity contribution in [2.45, 2.75) is 6.54 Å². The lowest BCUT2D eigenvalue weighted by molar-refractivity contribution is 0.0614. The van der Waals surface area contributed by atoms with E-state index in [1.807, 2.05) is 47.4 Å². The Morgan fingerprint density at radius 1 is 1.00 bits per heavy atom. The molecule has 3 aromatic rings. The fourth-order valence-corrected chi connectivity index (χ4v) is 3.42. The van der Waals surface area contributed by atoms with Gasteiger partial charge in [-0.1, -0.05) is 11.2 Å². The summed E-state index contributed by atoms with van der Waals surface area (Å²) in [5.74, 6) is 2.60. The van der Waals surface area contributed by atoms with Gasteiger partial charge < -0.3 is 18.9 Å². The van der Waals surface area contributed by atoms with Gasteiger partial charge in [0.05, 0.1) is 20.8 Å². The Kier molecular flexibility index (Phi) is 5.94. The van der Waals surface area contributed by atoms with Crippen LogP contribution in [0.2, 0.25) is 0 Å². The summed E-state index contributed by atoms with van der Waals surface area (Å²) in [6, 6.07) is 14.8. The van der Waals surface area contributed by atoms with Gasteiger partial charge in [0.15, 0.2) is 0 Å². The quantitative estimate of drug-likeness (QED) is 0.620. The number of amides is 1. The van der Waals surface area contributed by atoms with Gasteiger partial charge in [-0.2, -0.15) is 4.98 Å². The number of ether oxygens (including phenoxy) is 2. The molecule has 8 nitrogen and oxygen atoms in total. The molecule has 1 aromatic heterocycles. The Morgan fingerprint density at radius 2 is 1.73 bits per heavy atom. The second-order valence-corrected chi connectivity index (χ2v) is 7.04. The summed E-state index contributed by atoms with van der Waals surface area (Å²) in [5.41, 5.74) is 1.52. The highest BCUT2D eigenvalue weighted by Gasteiger charge is 2.23. The predicted octanol–water partition coefficient (Wildman–Crippen LogP) is 2.71. The van der Waals surface area contributed by atoms with Gasteiger partial charge in [0.25, 0.3) is 5.91 Å². The van der Waals surface area contributed by atoms with E-state index in [0.717, 1.165) is 24.4 Å². The Bertz CT molecular complexity index is 994. The number of carbonyl (C=O) groups is 1. The molecular formula is C22H24N4O4. The van der Waals surface area contributed by atoms with Crippen LogP contribution in [0.1, 0.15) is 16.2 Å². The third-order valence-corrected chi connectivity index (χ3v) is 5.15. The Hall–Kier alpha value is -3.39. The standard InChI is InChI=1S/C22H24N4O4/c1-28-18-8-6-16(7-9-18)21-23-20(30-24-21)15-25-10-12-26(13-11-25)22(27)17-4-3-5-19(14-17)29-2/h3-9,14H,10-13,15H2,1-2H3. The molecule has 30 heavy (non-hydrogen) atoms. The minimum Gasteiger partial charge on any atom is -0.497 e. The van der Waals surface area contributed by atoms with Crippen LogP contribution < -0.4 is 9.47 Å². The van der Waals surface area contributed by atoms with Crippen LogP contribution in [0.15, 0.2) is 53.1 Å². The molecule has 0 aliphatic carbocycles. The second-order valence-electron chi connectivity index (χ2n) is 7.04. The molecule has 0 bridgehead atoms. The van der Waals surface area contributed by atoms with Crippen LogP contribution in [0.3, 0.4) is 0 Å². The van der Waals surface area contributed by atoms with Gasteiger partial charge in [-0.3, -0.25) is 9.69 Å². The Labute approximate surface area is 175 Å². The van der Waals surface area contributed by atoms with Gasteiger partial charge in [0, 0.05) is 37.3 Å². The van der Waals surface area contributed by atoms with Crippen LogP contribution in [0.25, 0.3) is 11.4 Å². The SMILES string of the molecule is COc1ccc(-c2noc(CN3CCN(C(=O)c4cccc(OC)c4)CC3)n2)cc1. The summed E-state index contributed by atoms with van der Waals surface area (Å²) in [4.78, 5) is 21.3. The highest BCUT2D eigenvalue weighted by atomic mass is 16.5. The number of rotatable bonds is 6. The molecule has 0 atom stereocenters. The van der Waals surface area contributed by atoms with Crippen LogP contribution in [0, 0.1) is 0 Å². The third kappa shape index (κ3) is 4.44. The van der Waals surface area contributed by atoms with Crippen molar-refractivity contribution in [1.82, 2.24) is 19.9 Å². The van der Waals surface area contributed by atoms with Crippen molar-refractivity contribution >= 4 is 5.91 Å². The first-order valence-corrected chi connectivity index (χ1v) is 9.79. The van der Waals surface area contributed by atoms with Gasteiger partial charge in [-0.05, 0) is 42.5 Å². The van der Waals surface area contributed by atoms with Crippen molar-refractivity contribution < 1.29 is 18.8 Å². The molecule has 4 rings (SSSR count). The number of hydrogen-bond donors (Lipinski definition) is 0. The van der Waals surface area contributed by atoms with Crippen molar-refractivity contribution in [1.29, 1.82) is 0 Å². The van der Waals surface area contributed by atoms with E-state index in [1.165, 1.54) is 0 Å². The number of methoxy groups -OCH3 is 2. The number of hydrogen-bond acceptors (Lipinski definition) is 7. The van der Waals surface area contributed by atoms with E-state index in [-0.39, 0.29) is 5.91 Å². The van der Waals surface area contributed by atoms with Crippen LogP contribution in [0.4, 0.5) is 0 Å². The number of carbonyl (C=O) groups excluding carboxylic acids is 1. The molecule has 0 saturated carbocycles. The molecule has 8 heteroatoms. The molecule has 1 aliphatic heterocycles. The van der Waals surface area contributed by atoms with Crippen LogP contribution >= 0.6 is 0 Å². The van der Waals surface area contributed by atoms with Crippen LogP contribution in [0.5, 0.6) is 11.5 Å². The summed E-state index contributed by atoms with van der Waals surface area (Å²) < 4.78 is 15.8. The Morgan fingerprint density at radius 3 is 2.43 bits per heavy atom. The zero-order valence-electron chi connectivity index (χ0n) is 17.1. The molecule has 2 heterocycles. The molecule has 156 valence electrons. The molecule has 0 radical (unpaired) electrons. The zero-order valence-corrected chi connectivity index (χ0v) is 17.1. The molecular weight excluding hydrogens is 384 g/mol. The molecule has 1 fully saturated rings. The lowest BCUT2D eigenvalue weighted by atomic mass is 10.1. The van der Waals surface area contributed by atoms with Crippen LogP contribution in [-0.2, 0) is 6.54 Å². The summed E-state index contributed by atoms with van der Waals surface area (Å²) in [6.07, 6.45) is 0. The van der Waals surface area contributed by atoms with Gasteiger partial charge in [-0.15, -0.1) is 0 Å². The fourth-order valence-electron chi connectivity index (χ4n) is 3.42. The normalized spacial score (nSPS) is 14.5. The molecule has 0 spiro atoms. The average Bonchev–Trinajstić information content (AvgIpc) is 3.27. The van der Waals surface area contributed by atoms with Crippen molar-refractivity contribution in [3.63, 3.8) is 0 Å². The lowest BCUT2D eigenvalue weighted by Gasteiger charge is -2.34. The molecule has 0 N–H and O–H groups in total. The van der Waals surface area contributed by atoms with Gasteiger partial charge in [0.2, 0.25) is 11.7 Å². The lowest BCUT2D eigenvalue weighted by Crippen LogP contribution is -2.48. The maximum atomic E-state index is 12.7. The maximum Gasteiger partial charge on any atom is 0.254 e. The first-order chi connectivity index (χ1) is 14.7. The number of aromatic nitrogens is 2. The van der Waals surface area contributed by atoms with E-state index in [2.05, 4.69) is 15.0 Å².